The number of hydrogen-bond donors (Lipinski definition) is 1. The van der Waals surface area contributed by atoms with Crippen LogP contribution in [0.2, 0.25) is 0 Å². The third-order valence-electron chi connectivity index (χ3n) is 3.64. The van der Waals surface area contributed by atoms with E-state index in [9.17, 15) is 4.39 Å². The van der Waals surface area contributed by atoms with Crippen molar-refractivity contribution in [2.24, 2.45) is 5.41 Å². The average molecular weight is 250 g/mol. The van der Waals surface area contributed by atoms with Crippen molar-refractivity contribution in [3.63, 3.8) is 0 Å². The molecule has 1 saturated heterocycles. The summed E-state index contributed by atoms with van der Waals surface area (Å²) in [5.41, 5.74) is 1.36. The quantitative estimate of drug-likeness (QED) is 0.824. The number of halogens is 1. The molecule has 0 spiro atoms. The van der Waals surface area contributed by atoms with Crippen molar-refractivity contribution in [3.05, 3.63) is 30.1 Å². The normalized spacial score (nSPS) is 21.8. The molecule has 1 fully saturated rings. The van der Waals surface area contributed by atoms with E-state index in [1.165, 1.54) is 0 Å². The van der Waals surface area contributed by atoms with E-state index in [1.54, 1.807) is 12.1 Å². The lowest BCUT2D eigenvalue weighted by atomic mass is 9.86. The number of benzene rings is 1. The molecule has 2 rings (SSSR count). The van der Waals surface area contributed by atoms with Crippen LogP contribution < -0.4 is 10.2 Å². The molecule has 0 amide bonds. The first-order valence-corrected chi connectivity index (χ1v) is 6.71. The molecular formula is C15H23FN2. The molecule has 1 atom stereocenters. The van der Waals surface area contributed by atoms with Gasteiger partial charge in [0.1, 0.15) is 5.82 Å². The van der Waals surface area contributed by atoms with Crippen LogP contribution in [-0.2, 0) is 0 Å². The van der Waals surface area contributed by atoms with Gasteiger partial charge in [-0.15, -0.1) is 0 Å². The fourth-order valence-corrected chi connectivity index (χ4v) is 2.39. The van der Waals surface area contributed by atoms with E-state index in [1.807, 2.05) is 12.1 Å². The zero-order valence-electron chi connectivity index (χ0n) is 11.5. The molecule has 1 aromatic carbocycles. The Morgan fingerprint density at radius 2 is 1.89 bits per heavy atom. The van der Waals surface area contributed by atoms with Crippen LogP contribution in [0.3, 0.4) is 0 Å². The van der Waals surface area contributed by atoms with Crippen molar-refractivity contribution < 1.29 is 4.39 Å². The van der Waals surface area contributed by atoms with E-state index >= 15 is 0 Å². The second-order valence-corrected chi connectivity index (χ2v) is 6.15. The minimum Gasteiger partial charge on any atom is -0.370 e. The van der Waals surface area contributed by atoms with E-state index in [-0.39, 0.29) is 11.2 Å². The maximum absolute atomic E-state index is 13.0. The Kier molecular flexibility index (Phi) is 3.91. The molecule has 2 nitrogen and oxygen atoms in total. The predicted octanol–water partition coefficient (Wildman–Crippen LogP) is 3.04. The Morgan fingerprint density at radius 3 is 2.50 bits per heavy atom. The maximum atomic E-state index is 13.0. The van der Waals surface area contributed by atoms with Gasteiger partial charge in [0.25, 0.3) is 0 Å². The van der Waals surface area contributed by atoms with Gasteiger partial charge in [0.2, 0.25) is 0 Å². The van der Waals surface area contributed by atoms with E-state index in [0.29, 0.717) is 6.04 Å². The van der Waals surface area contributed by atoms with E-state index < -0.39 is 0 Å². The van der Waals surface area contributed by atoms with Crippen LogP contribution in [-0.4, -0.2) is 25.7 Å². The van der Waals surface area contributed by atoms with Crippen molar-refractivity contribution in [1.82, 2.24) is 5.32 Å². The summed E-state index contributed by atoms with van der Waals surface area (Å²) in [6.45, 7) is 9.86. The fraction of sp³-hybridized carbons (Fsp3) is 0.600. The molecule has 0 bridgehead atoms. The monoisotopic (exact) mass is 250 g/mol. The molecule has 1 unspecified atom stereocenters. The van der Waals surface area contributed by atoms with Gasteiger partial charge in [-0.25, -0.2) is 4.39 Å². The van der Waals surface area contributed by atoms with Crippen LogP contribution in [0.5, 0.6) is 0 Å². The number of anilines is 1. The second kappa shape index (κ2) is 5.27. The number of nitrogens with zero attached hydrogens (tertiary/aromatic N) is 1. The molecule has 0 radical (unpaired) electrons. The fourth-order valence-electron chi connectivity index (χ4n) is 2.39. The van der Waals surface area contributed by atoms with Crippen molar-refractivity contribution in [2.45, 2.75) is 33.2 Å². The molecule has 0 aliphatic carbocycles. The standard InChI is InChI=1S/C15H23FN2/c1-15(2,3)14-11-18(10-4-9-17-14)13-7-5-12(16)6-8-13/h5-8,14,17H,4,9-11H2,1-3H3. The van der Waals surface area contributed by atoms with Crippen molar-refractivity contribution in [2.75, 3.05) is 24.5 Å². The van der Waals surface area contributed by atoms with Gasteiger partial charge >= 0.3 is 0 Å². The van der Waals surface area contributed by atoms with Gasteiger partial charge in [0.15, 0.2) is 0 Å². The van der Waals surface area contributed by atoms with Crippen LogP contribution in [0, 0.1) is 11.2 Å². The lowest BCUT2D eigenvalue weighted by Gasteiger charge is -2.34. The summed E-state index contributed by atoms with van der Waals surface area (Å²) >= 11 is 0. The molecule has 18 heavy (non-hydrogen) atoms. The SMILES string of the molecule is CC(C)(C)C1CN(c2ccc(F)cc2)CCCN1. The molecule has 1 aliphatic heterocycles. The molecule has 1 aliphatic rings. The molecule has 0 aromatic heterocycles. The Hall–Kier alpha value is -1.09. The first-order valence-electron chi connectivity index (χ1n) is 6.71. The van der Waals surface area contributed by atoms with E-state index in [4.69, 9.17) is 0 Å². The van der Waals surface area contributed by atoms with E-state index in [0.717, 1.165) is 31.7 Å². The van der Waals surface area contributed by atoms with Gasteiger partial charge in [0, 0.05) is 24.8 Å². The van der Waals surface area contributed by atoms with Gasteiger partial charge in [-0.05, 0) is 42.6 Å². The Balaban J connectivity index is 2.14. The second-order valence-electron chi connectivity index (χ2n) is 6.15. The number of nitrogens with one attached hydrogen (secondary N) is 1. The average Bonchev–Trinajstić information content (AvgIpc) is 2.55. The van der Waals surface area contributed by atoms with Crippen LogP contribution in [0.25, 0.3) is 0 Å². The Morgan fingerprint density at radius 1 is 1.22 bits per heavy atom. The summed E-state index contributed by atoms with van der Waals surface area (Å²) in [6.07, 6.45) is 1.13. The van der Waals surface area contributed by atoms with Crippen LogP contribution in [0.15, 0.2) is 24.3 Å². The Bertz CT molecular complexity index is 380. The highest BCUT2D eigenvalue weighted by molar-refractivity contribution is 5.46. The smallest absolute Gasteiger partial charge is 0.123 e. The van der Waals surface area contributed by atoms with Crippen molar-refractivity contribution in [1.29, 1.82) is 0 Å². The third kappa shape index (κ3) is 3.22. The van der Waals surface area contributed by atoms with E-state index in [2.05, 4.69) is 31.0 Å². The first-order chi connectivity index (χ1) is 8.47. The number of rotatable bonds is 1. The van der Waals surface area contributed by atoms with Gasteiger partial charge in [-0.1, -0.05) is 20.8 Å². The maximum Gasteiger partial charge on any atom is 0.123 e. The third-order valence-corrected chi connectivity index (χ3v) is 3.64. The van der Waals surface area contributed by atoms with Gasteiger partial charge < -0.3 is 10.2 Å². The lowest BCUT2D eigenvalue weighted by molar-refractivity contribution is 0.280. The highest BCUT2D eigenvalue weighted by Gasteiger charge is 2.28. The van der Waals surface area contributed by atoms with Crippen LogP contribution >= 0.6 is 0 Å². The van der Waals surface area contributed by atoms with Gasteiger partial charge in [-0.3, -0.25) is 0 Å². The minimum atomic E-state index is -0.168. The highest BCUT2D eigenvalue weighted by Crippen LogP contribution is 2.24. The summed E-state index contributed by atoms with van der Waals surface area (Å²) in [6, 6.07) is 7.30. The topological polar surface area (TPSA) is 15.3 Å². The molecule has 1 N–H and O–H groups in total. The zero-order valence-corrected chi connectivity index (χ0v) is 11.5. The molecule has 1 heterocycles. The first kappa shape index (κ1) is 13.3. The predicted molar refractivity (Wildman–Crippen MR) is 74.5 cm³/mol. The zero-order chi connectivity index (χ0) is 13.2. The summed E-state index contributed by atoms with van der Waals surface area (Å²) in [5, 5.41) is 3.62. The van der Waals surface area contributed by atoms with Crippen LogP contribution in [0.4, 0.5) is 10.1 Å². The molecule has 100 valence electrons. The van der Waals surface area contributed by atoms with Gasteiger partial charge in [0.05, 0.1) is 0 Å². The van der Waals surface area contributed by atoms with Crippen LogP contribution in [0.1, 0.15) is 27.2 Å². The molecular weight excluding hydrogens is 227 g/mol. The summed E-state index contributed by atoms with van der Waals surface area (Å²) < 4.78 is 13.0. The largest absolute Gasteiger partial charge is 0.370 e. The lowest BCUT2D eigenvalue weighted by Crippen LogP contribution is -2.46. The highest BCUT2D eigenvalue weighted by atomic mass is 19.1. The van der Waals surface area contributed by atoms with Crippen molar-refractivity contribution >= 4 is 5.69 Å². The summed E-state index contributed by atoms with van der Waals surface area (Å²) in [4.78, 5) is 2.36. The minimum absolute atomic E-state index is 0.168. The molecule has 0 saturated carbocycles. The Labute approximate surface area is 109 Å². The molecule has 3 heteroatoms. The van der Waals surface area contributed by atoms with Gasteiger partial charge in [-0.2, -0.15) is 0 Å². The van der Waals surface area contributed by atoms with Crippen molar-refractivity contribution in [3.8, 4) is 0 Å². The summed E-state index contributed by atoms with van der Waals surface area (Å²) in [7, 11) is 0. The summed E-state index contributed by atoms with van der Waals surface area (Å²) in [5.74, 6) is -0.168. The molecule has 1 aromatic rings. The number of hydrogen-bond acceptors (Lipinski definition) is 2.